The Bertz CT molecular complexity index is 760. The van der Waals surface area contributed by atoms with Crippen LogP contribution in [0.2, 0.25) is 0 Å². The van der Waals surface area contributed by atoms with E-state index in [-0.39, 0.29) is 12.3 Å². The number of amides is 1. The number of carbonyl (C=O) groups excluding carboxylic acids is 2. The number of aryl methyl sites for hydroxylation is 1. The van der Waals surface area contributed by atoms with Gasteiger partial charge in [-0.15, -0.1) is 0 Å². The summed E-state index contributed by atoms with van der Waals surface area (Å²) in [5.41, 5.74) is 1.91. The fraction of sp³-hybridized carbons (Fsp3) is 0.333. The van der Waals surface area contributed by atoms with E-state index in [9.17, 15) is 9.59 Å². The number of hydrogen-bond acceptors (Lipinski definition) is 5. The lowest BCUT2D eigenvalue weighted by Crippen LogP contribution is -2.35. The first-order chi connectivity index (χ1) is 13.0. The molecule has 0 saturated carbocycles. The smallest absolute Gasteiger partial charge is 0.306 e. The van der Waals surface area contributed by atoms with Crippen molar-refractivity contribution in [1.29, 1.82) is 0 Å². The number of methoxy groups -OCH3 is 2. The molecule has 1 atom stereocenters. The highest BCUT2D eigenvalue weighted by atomic mass is 16.5. The van der Waals surface area contributed by atoms with Crippen LogP contribution in [0.15, 0.2) is 48.5 Å². The maximum Gasteiger partial charge on any atom is 0.306 e. The summed E-state index contributed by atoms with van der Waals surface area (Å²) in [6.07, 6.45) is -0.185. The van der Waals surface area contributed by atoms with E-state index in [4.69, 9.17) is 14.2 Å². The molecule has 0 radical (unpaired) electrons. The predicted molar refractivity (Wildman–Crippen MR) is 102 cm³/mol. The number of esters is 1. The predicted octanol–water partition coefficient (Wildman–Crippen LogP) is 2.88. The molecule has 0 aliphatic heterocycles. The van der Waals surface area contributed by atoms with Crippen LogP contribution in [0.25, 0.3) is 0 Å². The zero-order valence-corrected chi connectivity index (χ0v) is 15.9. The standard InChI is InChI=1S/C21H25NO5/c1-15(21(24)22-14-17-7-5-4-6-8-17)27-20(23)12-10-16-9-11-18(25-2)19(13-16)26-3/h4-9,11,13,15H,10,12,14H2,1-3H3,(H,22,24). The third kappa shape index (κ3) is 6.33. The van der Waals surface area contributed by atoms with Crippen LogP contribution in [-0.4, -0.2) is 32.2 Å². The van der Waals surface area contributed by atoms with Gasteiger partial charge in [-0.25, -0.2) is 0 Å². The van der Waals surface area contributed by atoms with Crippen molar-refractivity contribution in [3.63, 3.8) is 0 Å². The van der Waals surface area contributed by atoms with Crippen molar-refractivity contribution in [2.45, 2.75) is 32.4 Å². The highest BCUT2D eigenvalue weighted by molar-refractivity contribution is 5.83. The van der Waals surface area contributed by atoms with Crippen molar-refractivity contribution in [2.75, 3.05) is 14.2 Å². The Balaban J connectivity index is 1.78. The fourth-order valence-electron chi connectivity index (χ4n) is 2.52. The minimum Gasteiger partial charge on any atom is -0.493 e. The molecular weight excluding hydrogens is 346 g/mol. The molecule has 2 aromatic carbocycles. The molecule has 1 amide bonds. The van der Waals surface area contributed by atoms with E-state index < -0.39 is 12.1 Å². The Labute approximate surface area is 159 Å². The van der Waals surface area contributed by atoms with Gasteiger partial charge in [0, 0.05) is 13.0 Å². The van der Waals surface area contributed by atoms with Crippen LogP contribution in [-0.2, 0) is 27.3 Å². The van der Waals surface area contributed by atoms with Gasteiger partial charge in [-0.05, 0) is 36.6 Å². The average molecular weight is 371 g/mol. The summed E-state index contributed by atoms with van der Waals surface area (Å²) in [5, 5.41) is 2.76. The minimum absolute atomic E-state index is 0.172. The molecule has 0 aliphatic carbocycles. The van der Waals surface area contributed by atoms with Crippen LogP contribution in [0.1, 0.15) is 24.5 Å². The van der Waals surface area contributed by atoms with E-state index in [0.29, 0.717) is 24.5 Å². The van der Waals surface area contributed by atoms with E-state index in [1.54, 1.807) is 27.2 Å². The molecule has 0 bridgehead atoms. The van der Waals surface area contributed by atoms with Gasteiger partial charge in [-0.2, -0.15) is 0 Å². The lowest BCUT2D eigenvalue weighted by molar-refractivity contribution is -0.154. The van der Waals surface area contributed by atoms with Gasteiger partial charge in [0.15, 0.2) is 17.6 Å². The highest BCUT2D eigenvalue weighted by Crippen LogP contribution is 2.28. The highest BCUT2D eigenvalue weighted by Gasteiger charge is 2.17. The molecule has 2 rings (SSSR count). The summed E-state index contributed by atoms with van der Waals surface area (Å²) in [6, 6.07) is 15.0. The topological polar surface area (TPSA) is 73.9 Å². The van der Waals surface area contributed by atoms with E-state index in [1.807, 2.05) is 42.5 Å². The van der Waals surface area contributed by atoms with Crippen molar-refractivity contribution in [1.82, 2.24) is 5.32 Å². The van der Waals surface area contributed by atoms with Gasteiger partial charge >= 0.3 is 5.97 Å². The molecule has 0 spiro atoms. The monoisotopic (exact) mass is 371 g/mol. The second-order valence-electron chi connectivity index (χ2n) is 6.02. The zero-order valence-electron chi connectivity index (χ0n) is 15.9. The van der Waals surface area contributed by atoms with Gasteiger partial charge in [0.05, 0.1) is 14.2 Å². The number of carbonyl (C=O) groups is 2. The number of ether oxygens (including phenoxy) is 3. The molecule has 27 heavy (non-hydrogen) atoms. The first-order valence-electron chi connectivity index (χ1n) is 8.75. The van der Waals surface area contributed by atoms with Gasteiger partial charge in [0.25, 0.3) is 5.91 Å². The third-order valence-electron chi connectivity index (χ3n) is 4.05. The molecule has 0 heterocycles. The quantitative estimate of drug-likeness (QED) is 0.686. The molecule has 0 fully saturated rings. The van der Waals surface area contributed by atoms with Crippen LogP contribution in [0.4, 0.5) is 0 Å². The van der Waals surface area contributed by atoms with Crippen molar-refractivity contribution < 1.29 is 23.8 Å². The summed E-state index contributed by atoms with van der Waals surface area (Å²) in [5.74, 6) is 0.495. The zero-order chi connectivity index (χ0) is 19.6. The van der Waals surface area contributed by atoms with Crippen molar-refractivity contribution >= 4 is 11.9 Å². The van der Waals surface area contributed by atoms with Crippen LogP contribution in [0, 0.1) is 0 Å². The molecule has 6 nitrogen and oxygen atoms in total. The Kier molecular flexibility index (Phi) is 7.67. The van der Waals surface area contributed by atoms with E-state index in [1.165, 1.54) is 0 Å². The van der Waals surface area contributed by atoms with Gasteiger partial charge in [-0.3, -0.25) is 9.59 Å². The summed E-state index contributed by atoms with van der Waals surface area (Å²) < 4.78 is 15.7. The lowest BCUT2D eigenvalue weighted by atomic mass is 10.1. The largest absolute Gasteiger partial charge is 0.493 e. The average Bonchev–Trinajstić information content (AvgIpc) is 2.70. The van der Waals surface area contributed by atoms with Crippen molar-refractivity contribution in [3.8, 4) is 11.5 Å². The van der Waals surface area contributed by atoms with Crippen LogP contribution >= 0.6 is 0 Å². The fourth-order valence-corrected chi connectivity index (χ4v) is 2.52. The molecule has 0 aliphatic rings. The molecule has 0 aromatic heterocycles. The molecule has 2 aromatic rings. The molecule has 0 saturated heterocycles. The SMILES string of the molecule is COc1ccc(CCC(=O)OC(C)C(=O)NCc2ccccc2)cc1OC. The van der Waals surface area contributed by atoms with Gasteiger partial charge in [-0.1, -0.05) is 36.4 Å². The summed E-state index contributed by atoms with van der Waals surface area (Å²) in [7, 11) is 3.13. The van der Waals surface area contributed by atoms with E-state index >= 15 is 0 Å². The number of benzene rings is 2. The van der Waals surface area contributed by atoms with E-state index in [0.717, 1.165) is 11.1 Å². The maximum atomic E-state index is 12.1. The van der Waals surface area contributed by atoms with Gasteiger partial charge in [0.1, 0.15) is 0 Å². The first kappa shape index (κ1) is 20.3. The summed E-state index contributed by atoms with van der Waals surface area (Å²) in [6.45, 7) is 1.96. The molecule has 1 unspecified atom stereocenters. The minimum atomic E-state index is -0.841. The van der Waals surface area contributed by atoms with E-state index in [2.05, 4.69) is 5.32 Å². The number of rotatable bonds is 9. The van der Waals surface area contributed by atoms with Gasteiger partial charge < -0.3 is 19.5 Å². The Morgan fingerprint density at radius 2 is 1.67 bits per heavy atom. The first-order valence-corrected chi connectivity index (χ1v) is 8.75. The maximum absolute atomic E-state index is 12.1. The van der Waals surface area contributed by atoms with Crippen molar-refractivity contribution in [3.05, 3.63) is 59.7 Å². The molecule has 144 valence electrons. The third-order valence-corrected chi connectivity index (χ3v) is 4.05. The number of hydrogen-bond donors (Lipinski definition) is 1. The van der Waals surface area contributed by atoms with Crippen LogP contribution in [0.5, 0.6) is 11.5 Å². The van der Waals surface area contributed by atoms with Gasteiger partial charge in [0.2, 0.25) is 0 Å². The van der Waals surface area contributed by atoms with Crippen molar-refractivity contribution in [2.24, 2.45) is 0 Å². The second kappa shape index (κ2) is 10.2. The Morgan fingerprint density at radius 1 is 0.963 bits per heavy atom. The normalized spacial score (nSPS) is 11.4. The van der Waals surface area contributed by atoms with Crippen LogP contribution < -0.4 is 14.8 Å². The molecular formula is C21H25NO5. The molecule has 1 N–H and O–H groups in total. The Hall–Kier alpha value is -3.02. The lowest BCUT2D eigenvalue weighted by Gasteiger charge is -2.14. The van der Waals surface area contributed by atoms with Crippen LogP contribution in [0.3, 0.4) is 0 Å². The second-order valence-corrected chi connectivity index (χ2v) is 6.02. The molecule has 6 heteroatoms. The Morgan fingerprint density at radius 3 is 2.33 bits per heavy atom. The summed E-state index contributed by atoms with van der Waals surface area (Å²) in [4.78, 5) is 24.1. The number of nitrogens with one attached hydrogen (secondary N) is 1. The summed E-state index contributed by atoms with van der Waals surface area (Å²) >= 11 is 0.